The van der Waals surface area contributed by atoms with Crippen molar-refractivity contribution in [2.45, 2.75) is 45.3 Å². The molecule has 36 heavy (non-hydrogen) atoms. The molecule has 0 aliphatic carbocycles. The standard InChI is InChI=1S/C27H32N6O3/c1-27(2,3)36-26(35)33-15-7-10-21(16-33)32-25-22(24(28)29-17-30-25)23(34)18-11-13-20(14-12-18)31-19-8-5-4-6-9-19/h4-6,8-9,11-14,17,21,31H,7,10,15-16H2,1-3H3,(H3,28,29,30,32)/t21-/m1/s1. The van der Waals surface area contributed by atoms with Crippen molar-refractivity contribution in [2.24, 2.45) is 0 Å². The summed E-state index contributed by atoms with van der Waals surface area (Å²) in [6.07, 6.45) is 2.60. The van der Waals surface area contributed by atoms with Gasteiger partial charge in [0.25, 0.3) is 0 Å². The number of nitrogens with zero attached hydrogens (tertiary/aromatic N) is 3. The predicted molar refractivity (Wildman–Crippen MR) is 140 cm³/mol. The summed E-state index contributed by atoms with van der Waals surface area (Å²) in [5, 5.41) is 6.62. The van der Waals surface area contributed by atoms with Crippen molar-refractivity contribution in [1.29, 1.82) is 0 Å². The van der Waals surface area contributed by atoms with Crippen molar-refractivity contribution in [3.63, 3.8) is 0 Å². The molecule has 0 radical (unpaired) electrons. The number of rotatable bonds is 6. The van der Waals surface area contributed by atoms with Crippen LogP contribution in [0.5, 0.6) is 0 Å². The van der Waals surface area contributed by atoms with Crippen molar-refractivity contribution in [3.8, 4) is 0 Å². The average Bonchev–Trinajstić information content (AvgIpc) is 2.84. The maximum absolute atomic E-state index is 13.4. The monoisotopic (exact) mass is 488 g/mol. The fourth-order valence-electron chi connectivity index (χ4n) is 4.05. The Hall–Kier alpha value is -4.14. The van der Waals surface area contributed by atoms with E-state index in [1.165, 1.54) is 6.33 Å². The molecule has 1 atom stereocenters. The van der Waals surface area contributed by atoms with Crippen LogP contribution in [0.1, 0.15) is 49.5 Å². The van der Waals surface area contributed by atoms with Crippen LogP contribution in [-0.4, -0.2) is 51.5 Å². The second kappa shape index (κ2) is 10.6. The van der Waals surface area contributed by atoms with E-state index in [9.17, 15) is 9.59 Å². The van der Waals surface area contributed by atoms with Crippen LogP contribution < -0.4 is 16.4 Å². The lowest BCUT2D eigenvalue weighted by Gasteiger charge is -2.34. The molecule has 3 aromatic rings. The number of piperidine rings is 1. The highest BCUT2D eigenvalue weighted by Crippen LogP contribution is 2.26. The Kier molecular flexibility index (Phi) is 7.38. The highest BCUT2D eigenvalue weighted by molar-refractivity contribution is 6.14. The first-order valence-electron chi connectivity index (χ1n) is 12.0. The maximum Gasteiger partial charge on any atom is 0.410 e. The molecule has 2 heterocycles. The Labute approximate surface area is 211 Å². The number of aromatic nitrogens is 2. The Balaban J connectivity index is 1.48. The van der Waals surface area contributed by atoms with E-state index >= 15 is 0 Å². The third-order valence-corrected chi connectivity index (χ3v) is 5.73. The average molecular weight is 489 g/mol. The van der Waals surface area contributed by atoms with E-state index in [4.69, 9.17) is 10.5 Å². The quantitative estimate of drug-likeness (QED) is 0.421. The van der Waals surface area contributed by atoms with Gasteiger partial charge in [-0.1, -0.05) is 18.2 Å². The van der Waals surface area contributed by atoms with Crippen LogP contribution in [0.25, 0.3) is 0 Å². The summed E-state index contributed by atoms with van der Waals surface area (Å²) in [7, 11) is 0. The van der Waals surface area contributed by atoms with Crippen LogP contribution in [0.2, 0.25) is 0 Å². The molecule has 1 aromatic heterocycles. The van der Waals surface area contributed by atoms with Crippen LogP contribution in [0.3, 0.4) is 0 Å². The first kappa shape index (κ1) is 25.0. The van der Waals surface area contributed by atoms with Gasteiger partial charge in [0.15, 0.2) is 5.78 Å². The topological polar surface area (TPSA) is 122 Å². The highest BCUT2D eigenvalue weighted by atomic mass is 16.6. The number of para-hydroxylation sites is 1. The lowest BCUT2D eigenvalue weighted by Crippen LogP contribution is -2.47. The first-order chi connectivity index (χ1) is 17.2. The number of ketones is 1. The van der Waals surface area contributed by atoms with E-state index in [1.54, 1.807) is 17.0 Å². The number of amides is 1. The van der Waals surface area contributed by atoms with E-state index in [-0.39, 0.29) is 29.3 Å². The molecule has 0 spiro atoms. The zero-order valence-corrected chi connectivity index (χ0v) is 20.8. The van der Waals surface area contributed by atoms with Crippen LogP contribution in [-0.2, 0) is 4.74 Å². The minimum atomic E-state index is -0.565. The number of benzene rings is 2. The van der Waals surface area contributed by atoms with Gasteiger partial charge >= 0.3 is 6.09 Å². The number of likely N-dealkylation sites (tertiary alicyclic amines) is 1. The Morgan fingerprint density at radius 2 is 1.72 bits per heavy atom. The fourth-order valence-corrected chi connectivity index (χ4v) is 4.05. The lowest BCUT2D eigenvalue weighted by atomic mass is 10.0. The van der Waals surface area contributed by atoms with Crippen molar-refractivity contribution < 1.29 is 14.3 Å². The van der Waals surface area contributed by atoms with Gasteiger partial charge in [-0.25, -0.2) is 14.8 Å². The highest BCUT2D eigenvalue weighted by Gasteiger charge is 2.29. The normalized spacial score (nSPS) is 15.8. The first-order valence-corrected chi connectivity index (χ1v) is 12.0. The molecule has 4 rings (SSSR count). The van der Waals surface area contributed by atoms with Crippen LogP contribution in [0, 0.1) is 0 Å². The largest absolute Gasteiger partial charge is 0.444 e. The van der Waals surface area contributed by atoms with Crippen molar-refractivity contribution in [1.82, 2.24) is 14.9 Å². The van der Waals surface area contributed by atoms with E-state index in [1.807, 2.05) is 63.2 Å². The zero-order chi connectivity index (χ0) is 25.7. The molecule has 0 saturated carbocycles. The molecule has 0 bridgehead atoms. The number of nitrogen functional groups attached to an aromatic ring is 1. The van der Waals surface area contributed by atoms with Gasteiger partial charge in [-0.3, -0.25) is 4.79 Å². The van der Waals surface area contributed by atoms with Crippen LogP contribution in [0.4, 0.5) is 27.8 Å². The van der Waals surface area contributed by atoms with Crippen LogP contribution >= 0.6 is 0 Å². The van der Waals surface area contributed by atoms with Gasteiger partial charge < -0.3 is 26.0 Å². The minimum Gasteiger partial charge on any atom is -0.444 e. The summed E-state index contributed by atoms with van der Waals surface area (Å²) >= 11 is 0. The summed E-state index contributed by atoms with van der Waals surface area (Å²) < 4.78 is 5.52. The second-order valence-corrected chi connectivity index (χ2v) is 9.79. The number of nitrogens with one attached hydrogen (secondary N) is 2. The second-order valence-electron chi connectivity index (χ2n) is 9.79. The molecule has 4 N–H and O–H groups in total. The number of ether oxygens (including phenoxy) is 1. The number of hydrogen-bond donors (Lipinski definition) is 3. The molecular weight excluding hydrogens is 456 g/mol. The van der Waals surface area contributed by atoms with Gasteiger partial charge in [-0.2, -0.15) is 0 Å². The van der Waals surface area contributed by atoms with Gasteiger partial charge in [0.2, 0.25) is 0 Å². The molecule has 9 heteroatoms. The molecule has 1 amide bonds. The van der Waals surface area contributed by atoms with E-state index in [0.717, 1.165) is 24.2 Å². The van der Waals surface area contributed by atoms with Crippen molar-refractivity contribution in [2.75, 3.05) is 29.5 Å². The van der Waals surface area contributed by atoms with Gasteiger partial charge in [0, 0.05) is 36.1 Å². The number of hydrogen-bond acceptors (Lipinski definition) is 8. The molecule has 1 fully saturated rings. The fraction of sp³-hybridized carbons (Fsp3) is 0.333. The smallest absolute Gasteiger partial charge is 0.410 e. The summed E-state index contributed by atoms with van der Waals surface area (Å²) in [6.45, 7) is 6.59. The van der Waals surface area contributed by atoms with Crippen LogP contribution in [0.15, 0.2) is 60.9 Å². The predicted octanol–water partition coefficient (Wildman–Crippen LogP) is 4.84. The maximum atomic E-state index is 13.4. The van der Waals surface area contributed by atoms with E-state index in [0.29, 0.717) is 24.5 Å². The van der Waals surface area contributed by atoms with Crippen molar-refractivity contribution >= 4 is 34.9 Å². The molecule has 1 aliphatic rings. The Morgan fingerprint density at radius 3 is 2.42 bits per heavy atom. The molecular formula is C27H32N6O3. The van der Waals surface area contributed by atoms with Gasteiger partial charge in [-0.05, 0) is 70.0 Å². The molecule has 2 aromatic carbocycles. The summed E-state index contributed by atoms with van der Waals surface area (Å²) in [6, 6.07) is 16.8. The zero-order valence-electron chi connectivity index (χ0n) is 20.8. The molecule has 9 nitrogen and oxygen atoms in total. The molecule has 1 aliphatic heterocycles. The number of anilines is 4. The van der Waals surface area contributed by atoms with E-state index in [2.05, 4.69) is 20.6 Å². The summed E-state index contributed by atoms with van der Waals surface area (Å²) in [5.74, 6) is 0.181. The minimum absolute atomic E-state index is 0.101. The number of nitrogens with two attached hydrogens (primary N) is 1. The number of carbonyl (C=O) groups excluding carboxylic acids is 2. The summed E-state index contributed by atoms with van der Waals surface area (Å²) in [5.41, 5.74) is 8.07. The third kappa shape index (κ3) is 6.29. The van der Waals surface area contributed by atoms with Crippen molar-refractivity contribution in [3.05, 3.63) is 72.1 Å². The van der Waals surface area contributed by atoms with Gasteiger partial charge in [0.1, 0.15) is 29.1 Å². The third-order valence-electron chi connectivity index (χ3n) is 5.73. The Morgan fingerprint density at radius 1 is 1.03 bits per heavy atom. The lowest BCUT2D eigenvalue weighted by molar-refractivity contribution is 0.0206. The van der Waals surface area contributed by atoms with E-state index < -0.39 is 5.60 Å². The molecule has 0 unspecified atom stereocenters. The molecule has 1 saturated heterocycles. The molecule has 188 valence electrons. The Bertz CT molecular complexity index is 1210. The van der Waals surface area contributed by atoms with Gasteiger partial charge in [-0.15, -0.1) is 0 Å². The van der Waals surface area contributed by atoms with Gasteiger partial charge in [0.05, 0.1) is 0 Å². The summed E-state index contributed by atoms with van der Waals surface area (Å²) in [4.78, 5) is 36.0. The number of carbonyl (C=O) groups is 2. The SMILES string of the molecule is CC(C)(C)OC(=O)N1CCC[C@@H](Nc2ncnc(N)c2C(=O)c2ccc(Nc3ccccc3)cc2)C1.